The Morgan fingerprint density at radius 2 is 2.28 bits per heavy atom. The molecule has 0 aromatic carbocycles. The summed E-state index contributed by atoms with van der Waals surface area (Å²) in [5.74, 6) is -0.149. The molecular formula is C12H12ClN3OS. The minimum absolute atomic E-state index is 0.149. The van der Waals surface area contributed by atoms with E-state index >= 15 is 0 Å². The molecular weight excluding hydrogens is 270 g/mol. The van der Waals surface area contributed by atoms with Crippen LogP contribution in [0.5, 0.6) is 0 Å². The molecule has 94 valence electrons. The van der Waals surface area contributed by atoms with Gasteiger partial charge in [0.2, 0.25) is 0 Å². The molecule has 0 radical (unpaired) electrons. The number of hydrogen-bond acceptors (Lipinski definition) is 4. The van der Waals surface area contributed by atoms with Gasteiger partial charge in [0, 0.05) is 29.3 Å². The van der Waals surface area contributed by atoms with Crippen LogP contribution in [0.3, 0.4) is 0 Å². The van der Waals surface area contributed by atoms with Gasteiger partial charge in [-0.15, -0.1) is 11.3 Å². The second-order valence-corrected chi connectivity index (χ2v) is 5.62. The molecule has 0 saturated heterocycles. The third-order valence-corrected chi connectivity index (χ3v) is 3.48. The third kappa shape index (κ3) is 3.05. The lowest BCUT2D eigenvalue weighted by Crippen LogP contribution is -2.26. The summed E-state index contributed by atoms with van der Waals surface area (Å²) in [6.07, 6.45) is 3.31. The van der Waals surface area contributed by atoms with Gasteiger partial charge in [-0.3, -0.25) is 9.78 Å². The number of nitrogens with zero attached hydrogens (tertiary/aromatic N) is 3. The highest BCUT2D eigenvalue weighted by Crippen LogP contribution is 2.15. The second-order valence-electron chi connectivity index (χ2n) is 3.87. The number of carbonyl (C=O) groups excluding carboxylic acids is 1. The van der Waals surface area contributed by atoms with Crippen molar-refractivity contribution in [3.05, 3.63) is 45.1 Å². The summed E-state index contributed by atoms with van der Waals surface area (Å²) in [6.45, 7) is 2.47. The first-order chi connectivity index (χ1) is 8.56. The Labute approximate surface area is 114 Å². The van der Waals surface area contributed by atoms with Gasteiger partial charge in [-0.2, -0.15) is 0 Å². The van der Waals surface area contributed by atoms with Crippen LogP contribution >= 0.6 is 22.9 Å². The molecule has 0 spiro atoms. The summed E-state index contributed by atoms with van der Waals surface area (Å²) in [5, 5.41) is 1.50. The van der Waals surface area contributed by atoms with Gasteiger partial charge in [0.15, 0.2) is 0 Å². The normalized spacial score (nSPS) is 10.4. The molecule has 2 aromatic rings. The minimum Gasteiger partial charge on any atom is -0.335 e. The van der Waals surface area contributed by atoms with Gasteiger partial charge >= 0.3 is 0 Å². The summed E-state index contributed by atoms with van der Waals surface area (Å²) >= 11 is 7.42. The Morgan fingerprint density at radius 3 is 2.89 bits per heavy atom. The van der Waals surface area contributed by atoms with Crippen molar-refractivity contribution < 1.29 is 4.79 Å². The van der Waals surface area contributed by atoms with Gasteiger partial charge in [0.05, 0.1) is 11.6 Å². The number of thiazole rings is 1. The molecule has 0 aliphatic rings. The lowest BCUT2D eigenvalue weighted by Gasteiger charge is -2.15. The summed E-state index contributed by atoms with van der Waals surface area (Å²) in [6, 6.07) is 3.21. The number of aryl methyl sites for hydroxylation is 1. The first-order valence-electron chi connectivity index (χ1n) is 5.34. The van der Waals surface area contributed by atoms with Crippen molar-refractivity contribution >= 4 is 28.8 Å². The molecule has 0 saturated carbocycles. The quantitative estimate of drug-likeness (QED) is 0.869. The zero-order chi connectivity index (χ0) is 13.1. The van der Waals surface area contributed by atoms with E-state index in [0.29, 0.717) is 17.3 Å². The average molecular weight is 282 g/mol. The summed E-state index contributed by atoms with van der Waals surface area (Å²) < 4.78 is 0. The van der Waals surface area contributed by atoms with E-state index in [1.54, 1.807) is 41.6 Å². The van der Waals surface area contributed by atoms with E-state index in [-0.39, 0.29) is 5.91 Å². The zero-order valence-electron chi connectivity index (χ0n) is 10.1. The molecule has 0 fully saturated rings. The van der Waals surface area contributed by atoms with Crippen molar-refractivity contribution in [3.8, 4) is 0 Å². The summed E-state index contributed by atoms with van der Waals surface area (Å²) in [7, 11) is 1.74. The van der Waals surface area contributed by atoms with E-state index < -0.39 is 0 Å². The standard InChI is InChI=1S/C12H12ClN3OS/c1-8-15-6-10(18-8)7-16(2)12(17)11-5-9(13)3-4-14-11/h3-6H,7H2,1-2H3. The Kier molecular flexibility index (Phi) is 3.93. The van der Waals surface area contributed by atoms with E-state index in [2.05, 4.69) is 9.97 Å². The lowest BCUT2D eigenvalue weighted by molar-refractivity contribution is 0.0780. The maximum absolute atomic E-state index is 12.1. The Hall–Kier alpha value is -1.46. The van der Waals surface area contributed by atoms with Crippen molar-refractivity contribution in [2.75, 3.05) is 7.05 Å². The lowest BCUT2D eigenvalue weighted by atomic mass is 10.3. The monoisotopic (exact) mass is 281 g/mol. The predicted octanol–water partition coefficient (Wildman–Crippen LogP) is 2.77. The molecule has 0 atom stereocenters. The van der Waals surface area contributed by atoms with Gasteiger partial charge in [-0.25, -0.2) is 4.98 Å². The Bertz CT molecular complexity index is 570. The van der Waals surface area contributed by atoms with E-state index in [1.165, 1.54) is 6.20 Å². The fourth-order valence-electron chi connectivity index (χ4n) is 1.50. The van der Waals surface area contributed by atoms with Crippen molar-refractivity contribution in [3.63, 3.8) is 0 Å². The second kappa shape index (κ2) is 5.46. The number of amides is 1. The van der Waals surface area contributed by atoms with E-state index in [0.717, 1.165) is 9.88 Å². The van der Waals surface area contributed by atoms with Gasteiger partial charge in [0.1, 0.15) is 5.69 Å². The number of carbonyl (C=O) groups is 1. The van der Waals surface area contributed by atoms with Crippen LogP contribution in [0.2, 0.25) is 5.02 Å². The number of halogens is 1. The van der Waals surface area contributed by atoms with Crippen molar-refractivity contribution in [1.82, 2.24) is 14.9 Å². The van der Waals surface area contributed by atoms with Crippen LogP contribution in [0, 0.1) is 6.92 Å². The van der Waals surface area contributed by atoms with Gasteiger partial charge in [-0.1, -0.05) is 11.6 Å². The maximum atomic E-state index is 12.1. The van der Waals surface area contributed by atoms with Gasteiger partial charge in [0.25, 0.3) is 5.91 Å². The first-order valence-corrected chi connectivity index (χ1v) is 6.54. The SMILES string of the molecule is Cc1ncc(CN(C)C(=O)c2cc(Cl)ccn2)s1. The molecule has 2 heterocycles. The van der Waals surface area contributed by atoms with E-state index in [4.69, 9.17) is 11.6 Å². The minimum atomic E-state index is -0.149. The molecule has 0 aliphatic heterocycles. The molecule has 6 heteroatoms. The highest BCUT2D eigenvalue weighted by atomic mass is 35.5. The number of aromatic nitrogens is 2. The average Bonchev–Trinajstić information content (AvgIpc) is 2.73. The largest absolute Gasteiger partial charge is 0.335 e. The molecule has 0 bridgehead atoms. The fourth-order valence-corrected chi connectivity index (χ4v) is 2.51. The molecule has 4 nitrogen and oxygen atoms in total. The maximum Gasteiger partial charge on any atom is 0.272 e. The van der Waals surface area contributed by atoms with Crippen LogP contribution < -0.4 is 0 Å². The van der Waals surface area contributed by atoms with Crippen LogP contribution in [0.15, 0.2) is 24.5 Å². The van der Waals surface area contributed by atoms with Crippen molar-refractivity contribution in [2.24, 2.45) is 0 Å². The van der Waals surface area contributed by atoms with Gasteiger partial charge < -0.3 is 4.90 Å². The Balaban J connectivity index is 2.09. The molecule has 0 unspecified atom stereocenters. The van der Waals surface area contributed by atoms with Crippen LogP contribution in [-0.2, 0) is 6.54 Å². The molecule has 1 amide bonds. The molecule has 0 N–H and O–H groups in total. The number of hydrogen-bond donors (Lipinski definition) is 0. The summed E-state index contributed by atoms with van der Waals surface area (Å²) in [5.41, 5.74) is 0.353. The molecule has 0 aliphatic carbocycles. The van der Waals surface area contributed by atoms with Gasteiger partial charge in [-0.05, 0) is 19.1 Å². The topological polar surface area (TPSA) is 46.1 Å². The zero-order valence-corrected chi connectivity index (χ0v) is 11.6. The van der Waals surface area contributed by atoms with Crippen LogP contribution in [-0.4, -0.2) is 27.8 Å². The first kappa shape index (κ1) is 13.0. The third-order valence-electron chi connectivity index (χ3n) is 2.35. The van der Waals surface area contributed by atoms with Crippen LogP contribution in [0.4, 0.5) is 0 Å². The molecule has 18 heavy (non-hydrogen) atoms. The highest BCUT2D eigenvalue weighted by molar-refractivity contribution is 7.11. The predicted molar refractivity (Wildman–Crippen MR) is 71.9 cm³/mol. The Morgan fingerprint density at radius 1 is 1.50 bits per heavy atom. The van der Waals surface area contributed by atoms with Crippen molar-refractivity contribution in [1.29, 1.82) is 0 Å². The smallest absolute Gasteiger partial charge is 0.272 e. The van der Waals surface area contributed by atoms with Crippen LogP contribution in [0.25, 0.3) is 0 Å². The highest BCUT2D eigenvalue weighted by Gasteiger charge is 2.14. The fraction of sp³-hybridized carbons (Fsp3) is 0.250. The number of pyridine rings is 1. The molecule has 2 aromatic heterocycles. The number of rotatable bonds is 3. The summed E-state index contributed by atoms with van der Waals surface area (Å²) in [4.78, 5) is 22.9. The molecule has 2 rings (SSSR count). The van der Waals surface area contributed by atoms with Crippen molar-refractivity contribution in [2.45, 2.75) is 13.5 Å². The van der Waals surface area contributed by atoms with Crippen LogP contribution in [0.1, 0.15) is 20.4 Å². The van der Waals surface area contributed by atoms with E-state index in [1.807, 2.05) is 6.92 Å². The van der Waals surface area contributed by atoms with E-state index in [9.17, 15) is 4.79 Å².